The monoisotopic (exact) mass is 199 g/mol. The van der Waals surface area contributed by atoms with Crippen LogP contribution in [-0.4, -0.2) is 35.3 Å². The molecule has 0 aromatic rings. The average molecular weight is 199 g/mol. The number of aliphatic hydroxyl groups is 1. The highest BCUT2D eigenvalue weighted by Crippen LogP contribution is 1.99. The van der Waals surface area contributed by atoms with Gasteiger partial charge in [0.25, 0.3) is 5.91 Å². The van der Waals surface area contributed by atoms with Crippen molar-refractivity contribution < 1.29 is 14.7 Å². The topological polar surface area (TPSA) is 90.8 Å². The van der Waals surface area contributed by atoms with E-state index in [1.165, 1.54) is 0 Å². The lowest BCUT2D eigenvalue weighted by Crippen LogP contribution is -2.42. The van der Waals surface area contributed by atoms with Crippen LogP contribution < -0.4 is 10.7 Å². The highest BCUT2D eigenvalue weighted by molar-refractivity contribution is 6.39. The first-order valence-corrected chi connectivity index (χ1v) is 4.40. The number of hydrogen-bond acceptors (Lipinski definition) is 4. The summed E-state index contributed by atoms with van der Waals surface area (Å²) in [7, 11) is 0. The number of nitrogens with zero attached hydrogens (tertiary/aromatic N) is 1. The van der Waals surface area contributed by atoms with Crippen LogP contribution in [0.3, 0.4) is 0 Å². The van der Waals surface area contributed by atoms with Crippen LogP contribution in [0.25, 0.3) is 0 Å². The molecule has 14 heavy (non-hydrogen) atoms. The first-order valence-electron chi connectivity index (χ1n) is 4.40. The molecule has 1 rings (SSSR count). The van der Waals surface area contributed by atoms with Crippen molar-refractivity contribution in [2.45, 2.75) is 25.8 Å². The SMILES string of the molecule is C[C@@H](CO)NC(=O)C1=NNC(=O)CC1. The third-order valence-electron chi connectivity index (χ3n) is 1.82. The van der Waals surface area contributed by atoms with Crippen molar-refractivity contribution in [1.82, 2.24) is 10.7 Å². The van der Waals surface area contributed by atoms with Gasteiger partial charge in [-0.2, -0.15) is 5.10 Å². The van der Waals surface area contributed by atoms with Gasteiger partial charge in [-0.25, -0.2) is 5.43 Å². The van der Waals surface area contributed by atoms with Crippen LogP contribution in [0.1, 0.15) is 19.8 Å². The van der Waals surface area contributed by atoms with E-state index in [9.17, 15) is 9.59 Å². The second-order valence-corrected chi connectivity index (χ2v) is 3.15. The number of rotatable bonds is 3. The number of aliphatic hydroxyl groups excluding tert-OH is 1. The summed E-state index contributed by atoms with van der Waals surface area (Å²) in [6.45, 7) is 1.56. The Balaban J connectivity index is 2.49. The summed E-state index contributed by atoms with van der Waals surface area (Å²) in [4.78, 5) is 22.1. The number of carbonyl (C=O) groups excluding carboxylic acids is 2. The Morgan fingerprint density at radius 1 is 1.71 bits per heavy atom. The second kappa shape index (κ2) is 4.71. The molecule has 0 fully saturated rings. The smallest absolute Gasteiger partial charge is 0.267 e. The number of nitrogens with one attached hydrogen (secondary N) is 2. The number of carbonyl (C=O) groups is 2. The van der Waals surface area contributed by atoms with Gasteiger partial charge in [-0.15, -0.1) is 0 Å². The molecule has 1 heterocycles. The Labute approximate surface area is 81.4 Å². The van der Waals surface area contributed by atoms with E-state index in [4.69, 9.17) is 5.11 Å². The molecule has 6 heteroatoms. The summed E-state index contributed by atoms with van der Waals surface area (Å²) in [5.74, 6) is -0.525. The molecule has 78 valence electrons. The van der Waals surface area contributed by atoms with Crippen LogP contribution in [0.5, 0.6) is 0 Å². The van der Waals surface area contributed by atoms with E-state index in [-0.39, 0.29) is 30.9 Å². The quantitative estimate of drug-likeness (QED) is 0.530. The van der Waals surface area contributed by atoms with E-state index in [2.05, 4.69) is 15.8 Å². The molecule has 0 aliphatic carbocycles. The number of hydrogen-bond donors (Lipinski definition) is 3. The van der Waals surface area contributed by atoms with Crippen LogP contribution in [0.2, 0.25) is 0 Å². The zero-order valence-electron chi connectivity index (χ0n) is 7.91. The minimum atomic E-state index is -0.341. The maximum Gasteiger partial charge on any atom is 0.267 e. The molecule has 2 amide bonds. The van der Waals surface area contributed by atoms with E-state index >= 15 is 0 Å². The van der Waals surface area contributed by atoms with E-state index < -0.39 is 0 Å². The first kappa shape index (κ1) is 10.6. The summed E-state index contributed by atoms with van der Waals surface area (Å²) < 4.78 is 0. The molecule has 0 spiro atoms. The lowest BCUT2D eigenvalue weighted by Gasteiger charge is -2.14. The minimum Gasteiger partial charge on any atom is -0.394 e. The van der Waals surface area contributed by atoms with Crippen molar-refractivity contribution in [2.75, 3.05) is 6.61 Å². The summed E-state index contributed by atoms with van der Waals surface area (Å²) in [5.41, 5.74) is 2.53. The third-order valence-corrected chi connectivity index (χ3v) is 1.82. The van der Waals surface area contributed by atoms with Gasteiger partial charge in [-0.3, -0.25) is 9.59 Å². The van der Waals surface area contributed by atoms with Crippen molar-refractivity contribution in [1.29, 1.82) is 0 Å². The van der Waals surface area contributed by atoms with Crippen molar-refractivity contribution in [3.05, 3.63) is 0 Å². The van der Waals surface area contributed by atoms with Crippen LogP contribution in [-0.2, 0) is 9.59 Å². The van der Waals surface area contributed by atoms with Crippen molar-refractivity contribution in [3.63, 3.8) is 0 Å². The predicted octanol–water partition coefficient (Wildman–Crippen LogP) is -1.25. The minimum absolute atomic E-state index is 0.120. The highest BCUT2D eigenvalue weighted by atomic mass is 16.3. The molecule has 0 bridgehead atoms. The van der Waals surface area contributed by atoms with Crippen LogP contribution in [0.15, 0.2) is 5.10 Å². The molecule has 0 saturated carbocycles. The average Bonchev–Trinajstić information content (AvgIpc) is 2.18. The van der Waals surface area contributed by atoms with E-state index in [0.29, 0.717) is 12.1 Å². The van der Waals surface area contributed by atoms with Crippen molar-refractivity contribution in [3.8, 4) is 0 Å². The van der Waals surface area contributed by atoms with Gasteiger partial charge in [0.1, 0.15) is 5.71 Å². The maximum absolute atomic E-state index is 11.4. The van der Waals surface area contributed by atoms with E-state index in [1.807, 2.05) is 0 Å². The molecule has 0 saturated heterocycles. The molecular weight excluding hydrogens is 186 g/mol. The molecule has 0 radical (unpaired) electrons. The molecule has 1 atom stereocenters. The fourth-order valence-corrected chi connectivity index (χ4v) is 0.991. The van der Waals surface area contributed by atoms with Gasteiger partial charge >= 0.3 is 0 Å². The number of amides is 2. The molecular formula is C8H13N3O3. The lowest BCUT2D eigenvalue weighted by atomic mass is 10.1. The molecule has 3 N–H and O–H groups in total. The molecule has 1 aliphatic heterocycles. The fourth-order valence-electron chi connectivity index (χ4n) is 0.991. The van der Waals surface area contributed by atoms with Gasteiger partial charge in [-0.1, -0.05) is 0 Å². The standard InChI is InChI=1S/C8H13N3O3/c1-5(4-12)9-8(14)6-2-3-7(13)11-10-6/h5,12H,2-4H2,1H3,(H,9,14)(H,11,13)/t5-/m0/s1. The number of hydrazone groups is 1. The van der Waals surface area contributed by atoms with E-state index in [1.54, 1.807) is 6.92 Å². The van der Waals surface area contributed by atoms with Crippen LogP contribution >= 0.6 is 0 Å². The van der Waals surface area contributed by atoms with Crippen LogP contribution in [0.4, 0.5) is 0 Å². The van der Waals surface area contributed by atoms with Gasteiger partial charge in [0.15, 0.2) is 0 Å². The molecule has 0 aromatic carbocycles. The lowest BCUT2D eigenvalue weighted by molar-refractivity contribution is -0.121. The van der Waals surface area contributed by atoms with Crippen molar-refractivity contribution >= 4 is 17.5 Å². The van der Waals surface area contributed by atoms with Gasteiger partial charge < -0.3 is 10.4 Å². The molecule has 0 unspecified atom stereocenters. The Morgan fingerprint density at radius 2 is 2.43 bits per heavy atom. The maximum atomic E-state index is 11.4. The Kier molecular flexibility index (Phi) is 3.58. The normalized spacial score (nSPS) is 18.1. The predicted molar refractivity (Wildman–Crippen MR) is 49.5 cm³/mol. The van der Waals surface area contributed by atoms with Gasteiger partial charge in [0.2, 0.25) is 5.91 Å². The summed E-state index contributed by atoms with van der Waals surface area (Å²) >= 11 is 0. The van der Waals surface area contributed by atoms with Crippen LogP contribution in [0, 0.1) is 0 Å². The summed E-state index contributed by atoms with van der Waals surface area (Å²) in [5, 5.41) is 14.9. The fraction of sp³-hybridized carbons (Fsp3) is 0.625. The van der Waals surface area contributed by atoms with E-state index in [0.717, 1.165) is 0 Å². The Hall–Kier alpha value is -1.43. The van der Waals surface area contributed by atoms with Crippen molar-refractivity contribution in [2.24, 2.45) is 5.10 Å². The Bertz CT molecular complexity index is 275. The third kappa shape index (κ3) is 2.81. The van der Waals surface area contributed by atoms with Gasteiger partial charge in [0.05, 0.1) is 6.61 Å². The largest absolute Gasteiger partial charge is 0.394 e. The zero-order chi connectivity index (χ0) is 10.6. The second-order valence-electron chi connectivity index (χ2n) is 3.15. The zero-order valence-corrected chi connectivity index (χ0v) is 7.91. The van der Waals surface area contributed by atoms with Gasteiger partial charge in [0, 0.05) is 18.9 Å². The van der Waals surface area contributed by atoms with Gasteiger partial charge in [-0.05, 0) is 6.92 Å². The Morgan fingerprint density at radius 3 is 2.93 bits per heavy atom. The summed E-state index contributed by atoms with van der Waals surface area (Å²) in [6.07, 6.45) is 0.621. The molecule has 1 aliphatic rings. The molecule has 6 nitrogen and oxygen atoms in total. The molecule has 0 aromatic heterocycles. The highest BCUT2D eigenvalue weighted by Gasteiger charge is 2.18. The summed E-state index contributed by atoms with van der Waals surface area (Å²) in [6, 6.07) is -0.303. The first-order chi connectivity index (χ1) is 6.63.